The van der Waals surface area contributed by atoms with Gasteiger partial charge in [0.05, 0.1) is 25.5 Å². The molecule has 2 saturated heterocycles. The molecule has 2 amide bonds. The van der Waals surface area contributed by atoms with Crippen LogP contribution in [-0.4, -0.2) is 53.8 Å². The Labute approximate surface area is 135 Å². The monoisotopic (exact) mass is 319 g/mol. The van der Waals surface area contributed by atoms with Gasteiger partial charge < -0.3 is 19.7 Å². The number of amides is 2. The third kappa shape index (κ3) is 3.68. The lowest BCUT2D eigenvalue weighted by atomic mass is 10.0. The normalized spacial score (nSPS) is 19.8. The summed E-state index contributed by atoms with van der Waals surface area (Å²) >= 11 is 0. The van der Waals surface area contributed by atoms with Crippen LogP contribution in [0.15, 0.2) is 18.3 Å². The summed E-state index contributed by atoms with van der Waals surface area (Å²) in [5.74, 6) is -0.628. The summed E-state index contributed by atoms with van der Waals surface area (Å²) in [5.41, 5.74) is 1.26. The maximum atomic E-state index is 12.6. The predicted octanol–water partition coefficient (Wildman–Crippen LogP) is 0.697. The van der Waals surface area contributed by atoms with Gasteiger partial charge in [-0.05, 0) is 12.1 Å². The van der Waals surface area contributed by atoms with Crippen LogP contribution in [0, 0.1) is 0 Å². The Bertz CT molecular complexity index is 589. The third-order valence-corrected chi connectivity index (χ3v) is 4.21. The van der Waals surface area contributed by atoms with Crippen molar-refractivity contribution in [3.05, 3.63) is 29.6 Å². The van der Waals surface area contributed by atoms with Gasteiger partial charge in [0.15, 0.2) is 5.79 Å². The zero-order chi connectivity index (χ0) is 16.3. The van der Waals surface area contributed by atoms with Crippen LogP contribution in [-0.2, 0) is 20.8 Å². The second kappa shape index (κ2) is 6.64. The summed E-state index contributed by atoms with van der Waals surface area (Å²) in [6.45, 7) is 4.26. The molecule has 0 atom stereocenters. The van der Waals surface area contributed by atoms with E-state index in [2.05, 4.69) is 10.3 Å². The topological polar surface area (TPSA) is 80.8 Å². The number of hydrogen-bond donors (Lipinski definition) is 1. The van der Waals surface area contributed by atoms with E-state index in [0.717, 1.165) is 0 Å². The van der Waals surface area contributed by atoms with Crippen LogP contribution in [0.1, 0.15) is 35.8 Å². The summed E-state index contributed by atoms with van der Waals surface area (Å²) in [6.07, 6.45) is 2.99. The van der Waals surface area contributed by atoms with Crippen molar-refractivity contribution in [2.45, 2.75) is 32.1 Å². The number of rotatable bonds is 3. The number of likely N-dealkylation sites (tertiary alicyclic amines) is 1. The van der Waals surface area contributed by atoms with E-state index < -0.39 is 5.79 Å². The van der Waals surface area contributed by atoms with Crippen molar-refractivity contribution < 1.29 is 19.1 Å². The number of pyridine rings is 1. The van der Waals surface area contributed by atoms with Gasteiger partial charge in [0.2, 0.25) is 5.91 Å². The fourth-order valence-corrected chi connectivity index (χ4v) is 2.94. The minimum absolute atomic E-state index is 0.0238. The number of hydrogen-bond acceptors (Lipinski definition) is 5. The van der Waals surface area contributed by atoms with Crippen LogP contribution in [0.4, 0.5) is 0 Å². The predicted molar refractivity (Wildman–Crippen MR) is 81.5 cm³/mol. The average molecular weight is 319 g/mol. The molecule has 1 spiro atoms. The third-order valence-electron chi connectivity index (χ3n) is 4.21. The Morgan fingerprint density at radius 1 is 1.30 bits per heavy atom. The smallest absolute Gasteiger partial charge is 0.253 e. The maximum absolute atomic E-state index is 12.6. The standard InChI is InChI=1S/C16H21N3O4/c1-12(20)18-11-14-10-13(2-5-17-14)15(21)19-6-3-16(4-7-19)22-8-9-23-16/h2,5,10H,3-4,6-9,11H2,1H3,(H,18,20). The Morgan fingerprint density at radius 2 is 2.00 bits per heavy atom. The van der Waals surface area contributed by atoms with Gasteiger partial charge in [-0.1, -0.05) is 0 Å². The van der Waals surface area contributed by atoms with Crippen LogP contribution in [0.2, 0.25) is 0 Å². The van der Waals surface area contributed by atoms with Gasteiger partial charge in [-0.15, -0.1) is 0 Å². The molecule has 7 heteroatoms. The molecule has 2 aliphatic heterocycles. The number of piperidine rings is 1. The van der Waals surface area contributed by atoms with Gasteiger partial charge in [0.25, 0.3) is 5.91 Å². The van der Waals surface area contributed by atoms with E-state index >= 15 is 0 Å². The fraction of sp³-hybridized carbons (Fsp3) is 0.562. The van der Waals surface area contributed by atoms with Crippen molar-refractivity contribution in [3.63, 3.8) is 0 Å². The van der Waals surface area contributed by atoms with Gasteiger partial charge in [0.1, 0.15) is 0 Å². The highest BCUT2D eigenvalue weighted by Gasteiger charge is 2.40. The van der Waals surface area contributed by atoms with E-state index in [4.69, 9.17) is 9.47 Å². The highest BCUT2D eigenvalue weighted by Crippen LogP contribution is 2.31. The van der Waals surface area contributed by atoms with Crippen molar-refractivity contribution in [3.8, 4) is 0 Å². The van der Waals surface area contributed by atoms with Crippen LogP contribution in [0.25, 0.3) is 0 Å². The zero-order valence-corrected chi connectivity index (χ0v) is 13.2. The van der Waals surface area contributed by atoms with Crippen LogP contribution >= 0.6 is 0 Å². The summed E-state index contributed by atoms with van der Waals surface area (Å²) in [4.78, 5) is 29.6. The Balaban J connectivity index is 1.62. The number of carbonyl (C=O) groups is 2. The highest BCUT2D eigenvalue weighted by molar-refractivity contribution is 5.94. The largest absolute Gasteiger partial charge is 0.351 e. The molecule has 3 rings (SSSR count). The molecule has 0 aliphatic carbocycles. The first-order valence-corrected chi connectivity index (χ1v) is 7.85. The molecule has 1 aromatic rings. The number of ether oxygens (including phenoxy) is 2. The SMILES string of the molecule is CC(=O)NCc1cc(C(=O)N2CCC3(CC2)OCCO3)ccn1. The van der Waals surface area contributed by atoms with E-state index in [1.807, 2.05) is 4.90 Å². The molecule has 7 nitrogen and oxygen atoms in total. The first kappa shape index (κ1) is 15.9. The molecule has 0 saturated carbocycles. The van der Waals surface area contributed by atoms with Crippen LogP contribution < -0.4 is 5.32 Å². The summed E-state index contributed by atoms with van der Waals surface area (Å²) in [6, 6.07) is 3.43. The first-order valence-electron chi connectivity index (χ1n) is 7.85. The molecule has 0 radical (unpaired) electrons. The highest BCUT2D eigenvalue weighted by atomic mass is 16.7. The number of aromatic nitrogens is 1. The molecule has 2 fully saturated rings. The van der Waals surface area contributed by atoms with Gasteiger partial charge in [-0.3, -0.25) is 14.6 Å². The molecule has 3 heterocycles. The zero-order valence-electron chi connectivity index (χ0n) is 13.2. The Kier molecular flexibility index (Phi) is 4.58. The van der Waals surface area contributed by atoms with E-state index in [0.29, 0.717) is 56.9 Å². The summed E-state index contributed by atoms with van der Waals surface area (Å²) < 4.78 is 11.4. The molecule has 0 aromatic carbocycles. The van der Waals surface area contributed by atoms with Gasteiger partial charge in [-0.25, -0.2) is 0 Å². The molecule has 1 N–H and O–H groups in total. The number of nitrogens with zero attached hydrogens (tertiary/aromatic N) is 2. The molecular weight excluding hydrogens is 298 g/mol. The Hall–Kier alpha value is -1.99. The van der Waals surface area contributed by atoms with E-state index in [1.54, 1.807) is 18.3 Å². The first-order chi connectivity index (χ1) is 11.1. The van der Waals surface area contributed by atoms with Crippen molar-refractivity contribution in [1.29, 1.82) is 0 Å². The summed E-state index contributed by atoms with van der Waals surface area (Å²) in [7, 11) is 0. The van der Waals surface area contributed by atoms with Crippen molar-refractivity contribution >= 4 is 11.8 Å². The molecule has 0 unspecified atom stereocenters. The quantitative estimate of drug-likeness (QED) is 0.887. The van der Waals surface area contributed by atoms with E-state index in [-0.39, 0.29) is 11.8 Å². The van der Waals surface area contributed by atoms with Crippen LogP contribution in [0.5, 0.6) is 0 Å². The second-order valence-corrected chi connectivity index (χ2v) is 5.85. The van der Waals surface area contributed by atoms with E-state index in [9.17, 15) is 9.59 Å². The Morgan fingerprint density at radius 3 is 2.65 bits per heavy atom. The van der Waals surface area contributed by atoms with Crippen molar-refractivity contribution in [2.75, 3.05) is 26.3 Å². The molecule has 2 aliphatic rings. The molecule has 23 heavy (non-hydrogen) atoms. The maximum Gasteiger partial charge on any atom is 0.253 e. The lowest BCUT2D eigenvalue weighted by Gasteiger charge is -2.37. The number of carbonyl (C=O) groups excluding carboxylic acids is 2. The van der Waals surface area contributed by atoms with Gasteiger partial charge in [0, 0.05) is 44.6 Å². The molecule has 124 valence electrons. The molecule has 0 bridgehead atoms. The lowest BCUT2D eigenvalue weighted by Crippen LogP contribution is -2.47. The van der Waals surface area contributed by atoms with E-state index in [1.165, 1.54) is 6.92 Å². The summed E-state index contributed by atoms with van der Waals surface area (Å²) in [5, 5.41) is 2.68. The average Bonchev–Trinajstić information content (AvgIpc) is 3.01. The second-order valence-electron chi connectivity index (χ2n) is 5.85. The molecular formula is C16H21N3O4. The van der Waals surface area contributed by atoms with Gasteiger partial charge >= 0.3 is 0 Å². The molecule has 1 aromatic heterocycles. The minimum atomic E-state index is -0.481. The lowest BCUT2D eigenvalue weighted by molar-refractivity contribution is -0.181. The minimum Gasteiger partial charge on any atom is -0.351 e. The number of nitrogens with one attached hydrogen (secondary N) is 1. The van der Waals surface area contributed by atoms with Gasteiger partial charge in [-0.2, -0.15) is 0 Å². The van der Waals surface area contributed by atoms with Crippen LogP contribution in [0.3, 0.4) is 0 Å². The van der Waals surface area contributed by atoms with Crippen molar-refractivity contribution in [2.24, 2.45) is 0 Å². The fourth-order valence-electron chi connectivity index (χ4n) is 2.94. The van der Waals surface area contributed by atoms with Crippen molar-refractivity contribution in [1.82, 2.24) is 15.2 Å².